The van der Waals surface area contributed by atoms with Crippen molar-refractivity contribution in [1.29, 1.82) is 0 Å². The standard InChI is InChI=1S/C21H32N2O3/c1-5-22-16-12-17(14-25-13-16)23(20(24)26-21(2,3)4)19-11-10-15-8-6-7-9-18(15)19/h6-9,16-17,19,22H,5,10-14H2,1-4H3/t16?,17?,19-/m1/s1. The molecule has 0 bridgehead atoms. The first-order valence-electron chi connectivity index (χ1n) is 9.79. The van der Waals surface area contributed by atoms with Crippen molar-refractivity contribution in [2.75, 3.05) is 19.8 Å². The van der Waals surface area contributed by atoms with Crippen LogP contribution in [0, 0.1) is 0 Å². The van der Waals surface area contributed by atoms with Gasteiger partial charge in [-0.2, -0.15) is 0 Å². The molecule has 1 aromatic carbocycles. The molecule has 1 amide bonds. The predicted octanol–water partition coefficient (Wildman–Crippen LogP) is 3.68. The van der Waals surface area contributed by atoms with Crippen LogP contribution in [0.4, 0.5) is 4.79 Å². The molecule has 5 heteroatoms. The summed E-state index contributed by atoms with van der Waals surface area (Å²) in [5.41, 5.74) is 2.08. The van der Waals surface area contributed by atoms with Gasteiger partial charge in [-0.05, 0) is 57.7 Å². The van der Waals surface area contributed by atoms with Gasteiger partial charge in [-0.1, -0.05) is 31.2 Å². The summed E-state index contributed by atoms with van der Waals surface area (Å²) in [6.45, 7) is 10.0. The van der Waals surface area contributed by atoms with Gasteiger partial charge in [-0.3, -0.25) is 4.90 Å². The summed E-state index contributed by atoms with van der Waals surface area (Å²) in [5.74, 6) is 0. The maximum atomic E-state index is 13.1. The highest BCUT2D eigenvalue weighted by molar-refractivity contribution is 5.70. The summed E-state index contributed by atoms with van der Waals surface area (Å²) in [6.07, 6.45) is 2.61. The van der Waals surface area contributed by atoms with Crippen molar-refractivity contribution in [3.8, 4) is 0 Å². The van der Waals surface area contributed by atoms with Gasteiger partial charge in [0, 0.05) is 6.04 Å². The van der Waals surface area contributed by atoms with Crippen LogP contribution >= 0.6 is 0 Å². The van der Waals surface area contributed by atoms with E-state index in [0.717, 1.165) is 25.8 Å². The molecule has 0 aromatic heterocycles. The van der Waals surface area contributed by atoms with Gasteiger partial charge in [0.25, 0.3) is 0 Å². The van der Waals surface area contributed by atoms with Crippen LogP contribution in [0.3, 0.4) is 0 Å². The zero-order valence-electron chi connectivity index (χ0n) is 16.5. The fraction of sp³-hybridized carbons (Fsp3) is 0.667. The van der Waals surface area contributed by atoms with Gasteiger partial charge in [0.1, 0.15) is 5.60 Å². The maximum Gasteiger partial charge on any atom is 0.411 e. The number of benzene rings is 1. The average molecular weight is 360 g/mol. The molecule has 1 N–H and O–H groups in total. The minimum atomic E-state index is -0.510. The van der Waals surface area contributed by atoms with Crippen LogP contribution in [0.15, 0.2) is 24.3 Å². The summed E-state index contributed by atoms with van der Waals surface area (Å²) < 4.78 is 11.6. The van der Waals surface area contributed by atoms with Crippen LogP contribution in [0.25, 0.3) is 0 Å². The third-order valence-corrected chi connectivity index (χ3v) is 5.11. The number of ether oxygens (including phenoxy) is 2. The zero-order valence-corrected chi connectivity index (χ0v) is 16.5. The Morgan fingerprint density at radius 2 is 2.08 bits per heavy atom. The van der Waals surface area contributed by atoms with Gasteiger partial charge in [0.2, 0.25) is 0 Å². The largest absolute Gasteiger partial charge is 0.444 e. The lowest BCUT2D eigenvalue weighted by Crippen LogP contribution is -2.53. The molecule has 1 aliphatic heterocycles. The molecule has 2 unspecified atom stereocenters. The molecule has 3 atom stereocenters. The minimum Gasteiger partial charge on any atom is -0.444 e. The minimum absolute atomic E-state index is 0.0267. The lowest BCUT2D eigenvalue weighted by molar-refractivity contribution is -0.0362. The molecule has 5 nitrogen and oxygen atoms in total. The number of carbonyl (C=O) groups is 1. The number of hydrogen-bond donors (Lipinski definition) is 1. The third kappa shape index (κ3) is 4.38. The van der Waals surface area contributed by atoms with Gasteiger partial charge >= 0.3 is 6.09 Å². The zero-order chi connectivity index (χ0) is 18.7. The van der Waals surface area contributed by atoms with E-state index >= 15 is 0 Å². The van der Waals surface area contributed by atoms with E-state index in [4.69, 9.17) is 9.47 Å². The number of nitrogens with one attached hydrogen (secondary N) is 1. The van der Waals surface area contributed by atoms with Gasteiger partial charge < -0.3 is 14.8 Å². The molecule has 0 spiro atoms. The highest BCUT2D eigenvalue weighted by atomic mass is 16.6. The molecule has 1 heterocycles. The summed E-state index contributed by atoms with van der Waals surface area (Å²) in [5, 5.41) is 3.46. The number of aryl methyl sites for hydroxylation is 1. The van der Waals surface area contributed by atoms with Crippen LogP contribution in [0.5, 0.6) is 0 Å². The Kier molecular flexibility index (Phi) is 5.88. The Labute approximate surface area is 157 Å². The number of rotatable bonds is 4. The Morgan fingerprint density at radius 3 is 2.81 bits per heavy atom. The highest BCUT2D eigenvalue weighted by Gasteiger charge is 2.40. The van der Waals surface area contributed by atoms with Crippen molar-refractivity contribution in [2.45, 2.75) is 70.7 Å². The first kappa shape index (κ1) is 19.2. The van der Waals surface area contributed by atoms with E-state index in [0.29, 0.717) is 13.2 Å². The maximum absolute atomic E-state index is 13.1. The van der Waals surface area contributed by atoms with E-state index in [1.807, 2.05) is 25.7 Å². The average Bonchev–Trinajstić information content (AvgIpc) is 2.98. The van der Waals surface area contributed by atoms with Crippen molar-refractivity contribution in [3.05, 3.63) is 35.4 Å². The summed E-state index contributed by atoms with van der Waals surface area (Å²) in [4.78, 5) is 15.1. The molecule has 1 aromatic rings. The molecular formula is C21H32N2O3. The smallest absolute Gasteiger partial charge is 0.411 e. The van der Waals surface area contributed by atoms with Crippen molar-refractivity contribution in [1.82, 2.24) is 10.2 Å². The van der Waals surface area contributed by atoms with Gasteiger partial charge in [-0.25, -0.2) is 4.79 Å². The number of nitrogens with zero attached hydrogens (tertiary/aromatic N) is 1. The van der Waals surface area contributed by atoms with Crippen LogP contribution in [0.1, 0.15) is 57.7 Å². The molecule has 1 fully saturated rings. The summed E-state index contributed by atoms with van der Waals surface area (Å²) in [6, 6.07) is 8.82. The molecule has 0 radical (unpaired) electrons. The molecule has 3 rings (SSSR count). The van der Waals surface area contributed by atoms with E-state index < -0.39 is 5.60 Å². The van der Waals surface area contributed by atoms with Gasteiger partial charge in [0.15, 0.2) is 0 Å². The molecule has 1 aliphatic carbocycles. The quantitative estimate of drug-likeness (QED) is 0.890. The fourth-order valence-corrected chi connectivity index (χ4v) is 4.10. The lowest BCUT2D eigenvalue weighted by atomic mass is 10.00. The molecule has 0 saturated carbocycles. The number of amides is 1. The molecular weight excluding hydrogens is 328 g/mol. The van der Waals surface area contributed by atoms with Gasteiger partial charge in [-0.15, -0.1) is 0 Å². The topological polar surface area (TPSA) is 50.8 Å². The molecule has 144 valence electrons. The number of hydrogen-bond acceptors (Lipinski definition) is 4. The second-order valence-electron chi connectivity index (χ2n) is 8.32. The highest BCUT2D eigenvalue weighted by Crippen LogP contribution is 2.38. The number of likely N-dealkylation sites (N-methyl/N-ethyl adjacent to an activating group) is 1. The molecule has 2 aliphatic rings. The van der Waals surface area contributed by atoms with Crippen molar-refractivity contribution in [2.24, 2.45) is 0 Å². The van der Waals surface area contributed by atoms with Crippen molar-refractivity contribution >= 4 is 6.09 Å². The van der Waals surface area contributed by atoms with Crippen LogP contribution in [-0.2, 0) is 15.9 Å². The Balaban J connectivity index is 1.86. The van der Waals surface area contributed by atoms with Gasteiger partial charge in [0.05, 0.1) is 25.3 Å². The molecule has 1 saturated heterocycles. The van der Waals surface area contributed by atoms with Crippen LogP contribution in [0.2, 0.25) is 0 Å². The first-order chi connectivity index (χ1) is 12.4. The number of carbonyl (C=O) groups excluding carboxylic acids is 1. The third-order valence-electron chi connectivity index (χ3n) is 5.11. The second kappa shape index (κ2) is 7.97. The molecule has 26 heavy (non-hydrogen) atoms. The van der Waals surface area contributed by atoms with E-state index in [1.165, 1.54) is 11.1 Å². The van der Waals surface area contributed by atoms with Crippen molar-refractivity contribution in [3.63, 3.8) is 0 Å². The normalized spacial score (nSPS) is 25.6. The Bertz CT molecular complexity index is 624. The summed E-state index contributed by atoms with van der Waals surface area (Å²) >= 11 is 0. The monoisotopic (exact) mass is 360 g/mol. The van der Waals surface area contributed by atoms with E-state index in [-0.39, 0.29) is 24.2 Å². The van der Waals surface area contributed by atoms with E-state index in [1.54, 1.807) is 0 Å². The van der Waals surface area contributed by atoms with Crippen LogP contribution in [-0.4, -0.2) is 48.4 Å². The predicted molar refractivity (Wildman–Crippen MR) is 102 cm³/mol. The van der Waals surface area contributed by atoms with Crippen LogP contribution < -0.4 is 5.32 Å². The lowest BCUT2D eigenvalue weighted by Gasteiger charge is -2.41. The Morgan fingerprint density at radius 1 is 1.31 bits per heavy atom. The first-order valence-corrected chi connectivity index (χ1v) is 9.79. The fourth-order valence-electron chi connectivity index (χ4n) is 4.10. The van der Waals surface area contributed by atoms with E-state index in [9.17, 15) is 4.79 Å². The van der Waals surface area contributed by atoms with E-state index in [2.05, 4.69) is 36.5 Å². The second-order valence-corrected chi connectivity index (χ2v) is 8.32. The number of fused-ring (bicyclic) bond motifs is 1. The summed E-state index contributed by atoms with van der Waals surface area (Å²) in [7, 11) is 0. The SMILES string of the molecule is CCNC1COCC(N(C(=O)OC(C)(C)C)[C@@H]2CCc3ccccc32)C1. The Hall–Kier alpha value is -1.59. The van der Waals surface area contributed by atoms with Crippen molar-refractivity contribution < 1.29 is 14.3 Å².